The van der Waals surface area contributed by atoms with Crippen LogP contribution in [0.15, 0.2) is 24.3 Å². The van der Waals surface area contributed by atoms with E-state index in [1.165, 1.54) is 6.92 Å². The van der Waals surface area contributed by atoms with Crippen LogP contribution in [0.25, 0.3) is 0 Å². The zero-order chi connectivity index (χ0) is 28.0. The fourth-order valence-electron chi connectivity index (χ4n) is 4.78. The second-order valence-corrected chi connectivity index (χ2v) is 10.3. The lowest BCUT2D eigenvalue weighted by Crippen LogP contribution is -2.40. The normalized spacial score (nSPS) is 16.6. The Bertz CT molecular complexity index is 1200. The molecule has 1 atom stereocenters. The first kappa shape index (κ1) is 29.0. The molecule has 0 bridgehead atoms. The van der Waals surface area contributed by atoms with Gasteiger partial charge in [0.2, 0.25) is 0 Å². The maximum atomic E-state index is 12.9. The second kappa shape index (κ2) is 12.3. The molecule has 3 rings (SSSR count). The Labute approximate surface area is 223 Å². The van der Waals surface area contributed by atoms with Gasteiger partial charge >= 0.3 is 5.97 Å². The lowest BCUT2D eigenvalue weighted by molar-refractivity contribution is -0.138. The molecule has 206 valence electrons. The van der Waals surface area contributed by atoms with Crippen molar-refractivity contribution in [3.05, 3.63) is 46.5 Å². The molecule has 38 heavy (non-hydrogen) atoms. The van der Waals surface area contributed by atoms with Crippen molar-refractivity contribution in [2.24, 2.45) is 0 Å². The molecule has 8 heteroatoms. The number of hydrogen-bond donors (Lipinski definition) is 2. The molecule has 1 aliphatic rings. The third-order valence-corrected chi connectivity index (χ3v) is 6.71. The van der Waals surface area contributed by atoms with Crippen LogP contribution in [0.3, 0.4) is 0 Å². The number of ketones is 2. The van der Waals surface area contributed by atoms with Crippen LogP contribution < -0.4 is 14.2 Å². The number of carboxylic acid groups (broad SMARTS) is 1. The quantitative estimate of drug-likeness (QED) is 0.237. The largest absolute Gasteiger partial charge is 0.507 e. The van der Waals surface area contributed by atoms with Gasteiger partial charge in [0.25, 0.3) is 0 Å². The molecule has 1 unspecified atom stereocenters. The molecule has 0 radical (unpaired) electrons. The summed E-state index contributed by atoms with van der Waals surface area (Å²) in [6.07, 6.45) is 2.33. The molecule has 1 heterocycles. The minimum atomic E-state index is -0.924. The third kappa shape index (κ3) is 6.65. The molecular formula is C30H38O8. The lowest BCUT2D eigenvalue weighted by Gasteiger charge is -2.36. The number of ether oxygens (including phenoxy) is 3. The summed E-state index contributed by atoms with van der Waals surface area (Å²) in [4.78, 5) is 35.8. The highest BCUT2D eigenvalue weighted by molar-refractivity contribution is 6.01. The smallest absolute Gasteiger partial charge is 0.303 e. The number of carbonyl (C=O) groups is 3. The molecule has 2 aromatic carbocycles. The van der Waals surface area contributed by atoms with E-state index in [9.17, 15) is 19.5 Å². The van der Waals surface area contributed by atoms with Crippen molar-refractivity contribution in [3.63, 3.8) is 0 Å². The van der Waals surface area contributed by atoms with Gasteiger partial charge in [-0.05, 0) is 56.9 Å². The van der Waals surface area contributed by atoms with Crippen LogP contribution in [0.2, 0.25) is 0 Å². The first-order valence-electron chi connectivity index (χ1n) is 13.2. The number of hydrogen-bond acceptors (Lipinski definition) is 7. The van der Waals surface area contributed by atoms with E-state index in [2.05, 4.69) is 0 Å². The molecule has 0 spiro atoms. The van der Waals surface area contributed by atoms with Crippen molar-refractivity contribution >= 4 is 17.5 Å². The van der Waals surface area contributed by atoms with Crippen LogP contribution in [0.5, 0.6) is 23.0 Å². The highest BCUT2D eigenvalue weighted by atomic mass is 16.5. The van der Waals surface area contributed by atoms with E-state index in [0.717, 1.165) is 12.0 Å². The fourth-order valence-corrected chi connectivity index (χ4v) is 4.78. The number of fused-ring (bicyclic) bond motifs is 1. The van der Waals surface area contributed by atoms with E-state index in [1.807, 2.05) is 20.8 Å². The SMILES string of the molecule is CCCc1c(OCCCOc2ccc(C(C)=O)c(O)c2C(C)C)ccc2c1OC(C)(CCC(=O)O)CC2=O. The first-order valence-corrected chi connectivity index (χ1v) is 13.2. The first-order chi connectivity index (χ1) is 18.0. The van der Waals surface area contributed by atoms with Crippen molar-refractivity contribution in [2.45, 2.75) is 84.7 Å². The van der Waals surface area contributed by atoms with E-state index in [1.54, 1.807) is 31.2 Å². The minimum Gasteiger partial charge on any atom is -0.507 e. The minimum absolute atomic E-state index is 0.0310. The van der Waals surface area contributed by atoms with E-state index in [-0.39, 0.29) is 48.1 Å². The van der Waals surface area contributed by atoms with Crippen molar-refractivity contribution in [2.75, 3.05) is 13.2 Å². The third-order valence-electron chi connectivity index (χ3n) is 6.71. The molecule has 0 saturated carbocycles. The predicted octanol–water partition coefficient (Wildman–Crippen LogP) is 6.11. The number of aliphatic carboxylic acids is 1. The summed E-state index contributed by atoms with van der Waals surface area (Å²) >= 11 is 0. The molecule has 0 aliphatic carbocycles. The summed E-state index contributed by atoms with van der Waals surface area (Å²) in [5.41, 5.74) is 1.32. The monoisotopic (exact) mass is 526 g/mol. The summed E-state index contributed by atoms with van der Waals surface area (Å²) in [7, 11) is 0. The Balaban J connectivity index is 1.70. The predicted molar refractivity (Wildman–Crippen MR) is 143 cm³/mol. The Hall–Kier alpha value is -3.55. The average molecular weight is 527 g/mol. The zero-order valence-corrected chi connectivity index (χ0v) is 22.9. The molecular weight excluding hydrogens is 488 g/mol. The maximum absolute atomic E-state index is 12.9. The van der Waals surface area contributed by atoms with Gasteiger partial charge in [-0.3, -0.25) is 14.4 Å². The summed E-state index contributed by atoms with van der Waals surface area (Å²) in [5, 5.41) is 19.7. The van der Waals surface area contributed by atoms with Crippen LogP contribution >= 0.6 is 0 Å². The van der Waals surface area contributed by atoms with Crippen LogP contribution in [0.1, 0.15) is 104 Å². The number of phenolic OH excluding ortho intramolecular Hbond substituents is 1. The summed E-state index contributed by atoms with van der Waals surface area (Å²) < 4.78 is 18.3. The van der Waals surface area contributed by atoms with E-state index in [0.29, 0.717) is 54.4 Å². The number of benzene rings is 2. The highest BCUT2D eigenvalue weighted by Crippen LogP contribution is 2.42. The van der Waals surface area contributed by atoms with Gasteiger partial charge in [-0.1, -0.05) is 27.2 Å². The number of Topliss-reactive ketones (excluding diaryl/α,β-unsaturated/α-hetero) is 2. The molecule has 1 aliphatic heterocycles. The van der Waals surface area contributed by atoms with Gasteiger partial charge < -0.3 is 24.4 Å². The molecule has 0 fully saturated rings. The lowest BCUT2D eigenvalue weighted by atomic mass is 9.86. The van der Waals surface area contributed by atoms with Gasteiger partial charge in [0, 0.05) is 24.0 Å². The van der Waals surface area contributed by atoms with Gasteiger partial charge in [-0.2, -0.15) is 0 Å². The van der Waals surface area contributed by atoms with Gasteiger partial charge in [0.1, 0.15) is 28.6 Å². The van der Waals surface area contributed by atoms with Crippen LogP contribution in [-0.4, -0.2) is 46.6 Å². The number of aromatic hydroxyl groups is 1. The molecule has 0 saturated heterocycles. The summed E-state index contributed by atoms with van der Waals surface area (Å²) in [5.74, 6) is 0.407. The molecule has 8 nitrogen and oxygen atoms in total. The van der Waals surface area contributed by atoms with E-state index >= 15 is 0 Å². The number of carbonyl (C=O) groups excluding carboxylic acids is 2. The maximum Gasteiger partial charge on any atom is 0.303 e. The van der Waals surface area contributed by atoms with Crippen LogP contribution in [0, 0.1) is 0 Å². The van der Waals surface area contributed by atoms with Gasteiger partial charge in [-0.15, -0.1) is 0 Å². The van der Waals surface area contributed by atoms with Gasteiger partial charge in [0.05, 0.1) is 30.8 Å². The molecule has 2 aromatic rings. The van der Waals surface area contributed by atoms with Crippen LogP contribution in [-0.2, 0) is 11.2 Å². The van der Waals surface area contributed by atoms with Gasteiger partial charge in [-0.25, -0.2) is 0 Å². The summed E-state index contributed by atoms with van der Waals surface area (Å²) in [6.45, 7) is 9.79. The van der Waals surface area contributed by atoms with Gasteiger partial charge in [0.15, 0.2) is 11.6 Å². The van der Waals surface area contributed by atoms with Crippen molar-refractivity contribution in [3.8, 4) is 23.0 Å². The number of phenols is 1. The second-order valence-electron chi connectivity index (χ2n) is 10.3. The molecule has 2 N–H and O–H groups in total. The standard InChI is InChI=1S/C30H38O8/c1-6-8-22-24(11-10-21-23(32)17-30(5,38-29(21)22)14-13-26(33)34)36-15-7-16-37-25-12-9-20(19(4)31)28(35)27(25)18(2)3/h9-12,18,35H,6-8,13-17H2,1-5H3,(H,33,34). The molecule has 0 aromatic heterocycles. The van der Waals surface area contributed by atoms with Crippen molar-refractivity contribution in [1.82, 2.24) is 0 Å². The molecule has 0 amide bonds. The Morgan fingerprint density at radius 3 is 2.37 bits per heavy atom. The van der Waals surface area contributed by atoms with Crippen molar-refractivity contribution < 1.29 is 38.8 Å². The number of carboxylic acids is 1. The average Bonchev–Trinajstić information content (AvgIpc) is 2.83. The number of rotatable bonds is 13. The Kier molecular flexibility index (Phi) is 9.41. The topological polar surface area (TPSA) is 119 Å². The Morgan fingerprint density at radius 1 is 1.11 bits per heavy atom. The zero-order valence-electron chi connectivity index (χ0n) is 22.9. The van der Waals surface area contributed by atoms with E-state index < -0.39 is 11.6 Å². The van der Waals surface area contributed by atoms with Crippen molar-refractivity contribution in [1.29, 1.82) is 0 Å². The Morgan fingerprint density at radius 2 is 1.76 bits per heavy atom. The van der Waals surface area contributed by atoms with E-state index in [4.69, 9.17) is 19.3 Å². The van der Waals surface area contributed by atoms with Crippen LogP contribution in [0.4, 0.5) is 0 Å². The fraction of sp³-hybridized carbons (Fsp3) is 0.500. The highest BCUT2D eigenvalue weighted by Gasteiger charge is 2.38. The summed E-state index contributed by atoms with van der Waals surface area (Å²) in [6, 6.07) is 6.80.